The first-order valence-electron chi connectivity index (χ1n) is 10.3. The topological polar surface area (TPSA) is 70.6 Å². The molecule has 7 nitrogen and oxygen atoms in total. The molecule has 0 bridgehead atoms. The second-order valence-electron chi connectivity index (χ2n) is 7.42. The number of halogens is 3. The summed E-state index contributed by atoms with van der Waals surface area (Å²) in [6.45, 7) is 1.83. The number of aromatic nitrogens is 2. The SMILES string of the molecule is COc1ccccc1Nc1ccnc(N2CCN(C(=O)c3ccc(C(F)(F)F)cc3)CC2)n1. The average molecular weight is 457 g/mol. The number of ether oxygens (including phenoxy) is 1. The monoisotopic (exact) mass is 457 g/mol. The number of hydrogen-bond donors (Lipinski definition) is 1. The van der Waals surface area contributed by atoms with E-state index >= 15 is 0 Å². The third-order valence-electron chi connectivity index (χ3n) is 5.32. The van der Waals surface area contributed by atoms with E-state index in [4.69, 9.17) is 4.74 Å². The Hall–Kier alpha value is -3.82. The molecule has 10 heteroatoms. The Morgan fingerprint density at radius 1 is 1.00 bits per heavy atom. The molecule has 2 aromatic carbocycles. The lowest BCUT2D eigenvalue weighted by atomic mass is 10.1. The third-order valence-corrected chi connectivity index (χ3v) is 5.32. The number of para-hydroxylation sites is 2. The number of anilines is 3. The highest BCUT2D eigenvalue weighted by atomic mass is 19.4. The van der Waals surface area contributed by atoms with E-state index in [1.807, 2.05) is 29.2 Å². The van der Waals surface area contributed by atoms with Crippen LogP contribution in [0.25, 0.3) is 0 Å². The smallest absolute Gasteiger partial charge is 0.416 e. The minimum Gasteiger partial charge on any atom is -0.495 e. The van der Waals surface area contributed by atoms with Gasteiger partial charge >= 0.3 is 6.18 Å². The van der Waals surface area contributed by atoms with E-state index in [2.05, 4.69) is 15.3 Å². The number of alkyl halides is 3. The molecule has 0 spiro atoms. The molecule has 1 amide bonds. The normalized spacial score (nSPS) is 14.2. The molecule has 0 unspecified atom stereocenters. The van der Waals surface area contributed by atoms with Gasteiger partial charge in [-0.15, -0.1) is 0 Å². The molecule has 33 heavy (non-hydrogen) atoms. The summed E-state index contributed by atoms with van der Waals surface area (Å²) in [4.78, 5) is 25.2. The first-order valence-corrected chi connectivity index (χ1v) is 10.3. The number of nitrogens with zero attached hydrogens (tertiary/aromatic N) is 4. The van der Waals surface area contributed by atoms with Crippen LogP contribution in [-0.4, -0.2) is 54.1 Å². The fourth-order valence-electron chi connectivity index (χ4n) is 3.55. The van der Waals surface area contributed by atoms with Crippen molar-refractivity contribution < 1.29 is 22.7 Å². The van der Waals surface area contributed by atoms with Gasteiger partial charge < -0.3 is 19.9 Å². The van der Waals surface area contributed by atoms with Gasteiger partial charge in [0.15, 0.2) is 0 Å². The number of nitrogens with one attached hydrogen (secondary N) is 1. The maximum Gasteiger partial charge on any atom is 0.416 e. The number of methoxy groups -OCH3 is 1. The van der Waals surface area contributed by atoms with Gasteiger partial charge in [-0.3, -0.25) is 4.79 Å². The molecule has 0 radical (unpaired) electrons. The molecule has 1 fully saturated rings. The van der Waals surface area contributed by atoms with Gasteiger partial charge in [0.1, 0.15) is 11.6 Å². The van der Waals surface area contributed by atoms with Crippen molar-refractivity contribution in [3.63, 3.8) is 0 Å². The van der Waals surface area contributed by atoms with Crippen molar-refractivity contribution in [1.82, 2.24) is 14.9 Å². The van der Waals surface area contributed by atoms with Crippen molar-refractivity contribution in [3.05, 3.63) is 71.9 Å². The van der Waals surface area contributed by atoms with Crippen LogP contribution in [0.15, 0.2) is 60.8 Å². The number of carbonyl (C=O) groups excluding carboxylic acids is 1. The van der Waals surface area contributed by atoms with Crippen molar-refractivity contribution in [3.8, 4) is 5.75 Å². The largest absolute Gasteiger partial charge is 0.495 e. The van der Waals surface area contributed by atoms with E-state index in [9.17, 15) is 18.0 Å². The van der Waals surface area contributed by atoms with E-state index in [0.717, 1.165) is 17.8 Å². The molecular weight excluding hydrogens is 435 g/mol. The molecule has 0 saturated carbocycles. The Bertz CT molecular complexity index is 1110. The molecular formula is C23H22F3N5O2. The second kappa shape index (κ2) is 9.35. The Balaban J connectivity index is 1.39. The van der Waals surface area contributed by atoms with Crippen LogP contribution < -0.4 is 15.0 Å². The summed E-state index contributed by atoms with van der Waals surface area (Å²) in [5.41, 5.74) is 0.231. The number of benzene rings is 2. The van der Waals surface area contributed by atoms with Crippen LogP contribution in [0.4, 0.5) is 30.6 Å². The lowest BCUT2D eigenvalue weighted by Gasteiger charge is -2.34. The standard InChI is InChI=1S/C23H22F3N5O2/c1-33-19-5-3-2-4-18(19)28-20-10-11-27-22(29-20)31-14-12-30(13-15-31)21(32)16-6-8-17(9-7-16)23(24,25)26/h2-11H,12-15H2,1H3,(H,27,28,29). The van der Waals surface area contributed by atoms with Gasteiger partial charge in [0.2, 0.25) is 5.95 Å². The van der Waals surface area contributed by atoms with E-state index < -0.39 is 11.7 Å². The third kappa shape index (κ3) is 5.16. The Morgan fingerprint density at radius 2 is 1.70 bits per heavy atom. The minimum atomic E-state index is -4.43. The van der Waals surface area contributed by atoms with Crippen molar-refractivity contribution in [2.45, 2.75) is 6.18 Å². The maximum absolute atomic E-state index is 12.7. The summed E-state index contributed by atoms with van der Waals surface area (Å²) >= 11 is 0. The van der Waals surface area contributed by atoms with E-state index in [1.165, 1.54) is 12.1 Å². The zero-order valence-electron chi connectivity index (χ0n) is 17.8. The molecule has 1 aliphatic rings. The zero-order chi connectivity index (χ0) is 23.4. The minimum absolute atomic E-state index is 0.232. The van der Waals surface area contributed by atoms with Gasteiger partial charge in [0.25, 0.3) is 5.91 Å². The van der Waals surface area contributed by atoms with Gasteiger partial charge in [0, 0.05) is 37.9 Å². The van der Waals surface area contributed by atoms with Crippen molar-refractivity contribution >= 4 is 23.4 Å². The predicted molar refractivity (Wildman–Crippen MR) is 118 cm³/mol. The van der Waals surface area contributed by atoms with Crippen molar-refractivity contribution in [2.75, 3.05) is 43.5 Å². The maximum atomic E-state index is 12.7. The van der Waals surface area contributed by atoms with Crippen molar-refractivity contribution in [1.29, 1.82) is 0 Å². The van der Waals surface area contributed by atoms with Crippen molar-refractivity contribution in [2.24, 2.45) is 0 Å². The Kier molecular flexibility index (Phi) is 6.34. The zero-order valence-corrected chi connectivity index (χ0v) is 17.8. The molecule has 1 aromatic heterocycles. The molecule has 0 atom stereocenters. The molecule has 4 rings (SSSR count). The fourth-order valence-corrected chi connectivity index (χ4v) is 3.55. The van der Waals surface area contributed by atoms with Crippen LogP contribution in [0.2, 0.25) is 0 Å². The van der Waals surface area contributed by atoms with Crippen LogP contribution in [0, 0.1) is 0 Å². The van der Waals surface area contributed by atoms with Crippen LogP contribution in [0.5, 0.6) is 5.75 Å². The molecule has 1 N–H and O–H groups in total. The predicted octanol–water partition coefficient (Wildman–Crippen LogP) is 4.21. The summed E-state index contributed by atoms with van der Waals surface area (Å²) in [7, 11) is 1.59. The summed E-state index contributed by atoms with van der Waals surface area (Å²) in [5, 5.41) is 3.22. The first-order chi connectivity index (χ1) is 15.8. The highest BCUT2D eigenvalue weighted by Crippen LogP contribution is 2.29. The van der Waals surface area contributed by atoms with Crippen LogP contribution in [-0.2, 0) is 6.18 Å². The van der Waals surface area contributed by atoms with Gasteiger partial charge in [-0.25, -0.2) is 4.98 Å². The molecule has 3 aromatic rings. The Labute approximate surface area is 188 Å². The van der Waals surface area contributed by atoms with Gasteiger partial charge in [0.05, 0.1) is 18.4 Å². The number of piperazine rings is 1. The van der Waals surface area contributed by atoms with E-state index in [-0.39, 0.29) is 11.5 Å². The number of hydrogen-bond acceptors (Lipinski definition) is 6. The first kappa shape index (κ1) is 22.4. The summed E-state index contributed by atoms with van der Waals surface area (Å²) in [5.74, 6) is 1.52. The van der Waals surface area contributed by atoms with Gasteiger partial charge in [-0.05, 0) is 42.5 Å². The Morgan fingerprint density at radius 3 is 2.36 bits per heavy atom. The molecule has 172 valence electrons. The van der Waals surface area contributed by atoms with Crippen LogP contribution in [0.3, 0.4) is 0 Å². The average Bonchev–Trinajstić information content (AvgIpc) is 2.84. The van der Waals surface area contributed by atoms with E-state index in [1.54, 1.807) is 24.3 Å². The molecule has 1 saturated heterocycles. The molecule has 2 heterocycles. The number of carbonyl (C=O) groups is 1. The van der Waals surface area contributed by atoms with Gasteiger partial charge in [-0.2, -0.15) is 18.2 Å². The number of amides is 1. The summed E-state index contributed by atoms with van der Waals surface area (Å²) in [6, 6.07) is 13.5. The van der Waals surface area contributed by atoms with Crippen LogP contribution in [0.1, 0.15) is 15.9 Å². The van der Waals surface area contributed by atoms with Crippen LogP contribution >= 0.6 is 0 Å². The number of rotatable bonds is 5. The summed E-state index contributed by atoms with van der Waals surface area (Å²) in [6.07, 6.45) is -2.78. The highest BCUT2D eigenvalue weighted by molar-refractivity contribution is 5.94. The second-order valence-corrected chi connectivity index (χ2v) is 7.42. The van der Waals surface area contributed by atoms with E-state index in [0.29, 0.717) is 43.7 Å². The molecule has 1 aliphatic heterocycles. The highest BCUT2D eigenvalue weighted by Gasteiger charge is 2.31. The fraction of sp³-hybridized carbons (Fsp3) is 0.261. The van der Waals surface area contributed by atoms with Gasteiger partial charge in [-0.1, -0.05) is 12.1 Å². The molecule has 0 aliphatic carbocycles. The quantitative estimate of drug-likeness (QED) is 0.619. The lowest BCUT2D eigenvalue weighted by molar-refractivity contribution is -0.137. The lowest BCUT2D eigenvalue weighted by Crippen LogP contribution is -2.49. The summed E-state index contributed by atoms with van der Waals surface area (Å²) < 4.78 is 43.6.